The minimum atomic E-state index is -0.942. The average molecular weight is 276 g/mol. The van der Waals surface area contributed by atoms with Gasteiger partial charge in [-0.15, -0.1) is 0 Å². The van der Waals surface area contributed by atoms with Gasteiger partial charge in [0.15, 0.2) is 0 Å². The van der Waals surface area contributed by atoms with Gasteiger partial charge in [0.25, 0.3) is 0 Å². The molecule has 0 spiro atoms. The second-order valence-corrected chi connectivity index (χ2v) is 6.01. The second kappa shape index (κ2) is 5.05. The van der Waals surface area contributed by atoms with Gasteiger partial charge in [-0.1, -0.05) is 0 Å². The highest BCUT2D eigenvalue weighted by Crippen LogP contribution is 2.45. The van der Waals surface area contributed by atoms with Gasteiger partial charge in [0.2, 0.25) is 0 Å². The number of carboxylic acids is 1. The first-order valence-corrected chi connectivity index (χ1v) is 7.24. The van der Waals surface area contributed by atoms with Crippen LogP contribution in [-0.2, 0) is 12.8 Å². The van der Waals surface area contributed by atoms with E-state index >= 15 is 0 Å². The van der Waals surface area contributed by atoms with E-state index in [1.165, 1.54) is 0 Å². The first-order chi connectivity index (χ1) is 9.63. The van der Waals surface area contributed by atoms with Crippen LogP contribution in [0.1, 0.15) is 47.3 Å². The number of anilines is 1. The molecule has 3 rings (SSSR count). The van der Waals surface area contributed by atoms with Gasteiger partial charge in [0.05, 0.1) is 6.61 Å². The van der Waals surface area contributed by atoms with Crippen LogP contribution in [0.3, 0.4) is 0 Å². The summed E-state index contributed by atoms with van der Waals surface area (Å²) in [5.74, 6) is -0.486. The number of carboxylic acid groups (broad SMARTS) is 1. The molecule has 0 unspecified atom stereocenters. The number of rotatable bonds is 5. The quantitative estimate of drug-likeness (QED) is 0.764. The molecule has 2 aliphatic rings. The SMILES string of the molecule is O=C(O)c1cc2c(nc1NCC1(CO)CC1)CCCC2. The van der Waals surface area contributed by atoms with Crippen LogP contribution in [0.4, 0.5) is 5.82 Å². The topological polar surface area (TPSA) is 82.5 Å². The number of aromatic carboxylic acids is 1. The molecule has 5 heteroatoms. The first-order valence-electron chi connectivity index (χ1n) is 7.24. The molecule has 1 aromatic rings. The summed E-state index contributed by atoms with van der Waals surface area (Å²) in [5, 5.41) is 21.8. The van der Waals surface area contributed by atoms with Crippen LogP contribution in [0.2, 0.25) is 0 Å². The molecule has 3 N–H and O–H groups in total. The van der Waals surface area contributed by atoms with Gasteiger partial charge in [0.1, 0.15) is 11.4 Å². The van der Waals surface area contributed by atoms with Gasteiger partial charge in [-0.05, 0) is 50.2 Å². The van der Waals surface area contributed by atoms with Crippen molar-refractivity contribution in [2.45, 2.75) is 38.5 Å². The van der Waals surface area contributed by atoms with Crippen LogP contribution in [0.5, 0.6) is 0 Å². The summed E-state index contributed by atoms with van der Waals surface area (Å²) in [6, 6.07) is 1.77. The van der Waals surface area contributed by atoms with Crippen LogP contribution in [0.25, 0.3) is 0 Å². The highest BCUT2D eigenvalue weighted by molar-refractivity contribution is 5.93. The van der Waals surface area contributed by atoms with Crippen LogP contribution >= 0.6 is 0 Å². The maximum absolute atomic E-state index is 11.4. The van der Waals surface area contributed by atoms with Crippen molar-refractivity contribution >= 4 is 11.8 Å². The number of hydrogen-bond acceptors (Lipinski definition) is 4. The molecule has 0 aliphatic heterocycles. The molecule has 2 aliphatic carbocycles. The van der Waals surface area contributed by atoms with Crippen molar-refractivity contribution in [3.05, 3.63) is 22.9 Å². The highest BCUT2D eigenvalue weighted by atomic mass is 16.4. The lowest BCUT2D eigenvalue weighted by atomic mass is 9.94. The third-order valence-electron chi connectivity index (χ3n) is 4.45. The van der Waals surface area contributed by atoms with Crippen LogP contribution in [0, 0.1) is 5.41 Å². The normalized spacial score (nSPS) is 19.2. The first kappa shape index (κ1) is 13.4. The largest absolute Gasteiger partial charge is 0.478 e. The van der Waals surface area contributed by atoms with E-state index in [0.29, 0.717) is 12.4 Å². The molecule has 1 aromatic heterocycles. The van der Waals surface area contributed by atoms with E-state index < -0.39 is 5.97 Å². The molecular weight excluding hydrogens is 256 g/mol. The fourth-order valence-electron chi connectivity index (χ4n) is 2.77. The molecule has 20 heavy (non-hydrogen) atoms. The molecule has 108 valence electrons. The van der Waals surface area contributed by atoms with E-state index in [1.807, 2.05) is 0 Å². The molecule has 0 saturated heterocycles. The molecule has 1 heterocycles. The van der Waals surface area contributed by atoms with Crippen molar-refractivity contribution < 1.29 is 15.0 Å². The van der Waals surface area contributed by atoms with Crippen molar-refractivity contribution in [3.63, 3.8) is 0 Å². The number of aliphatic hydroxyl groups is 1. The van der Waals surface area contributed by atoms with Gasteiger partial charge in [-0.25, -0.2) is 9.78 Å². The molecule has 1 fully saturated rings. The van der Waals surface area contributed by atoms with Gasteiger partial charge in [-0.3, -0.25) is 0 Å². The Balaban J connectivity index is 1.85. The van der Waals surface area contributed by atoms with E-state index in [1.54, 1.807) is 6.07 Å². The molecule has 0 atom stereocenters. The minimum absolute atomic E-state index is 0.0621. The van der Waals surface area contributed by atoms with E-state index in [-0.39, 0.29) is 17.6 Å². The van der Waals surface area contributed by atoms with Crippen molar-refractivity contribution in [1.29, 1.82) is 0 Å². The Morgan fingerprint density at radius 3 is 2.75 bits per heavy atom. The monoisotopic (exact) mass is 276 g/mol. The summed E-state index contributed by atoms with van der Waals surface area (Å²) in [6.07, 6.45) is 6.05. The van der Waals surface area contributed by atoms with Crippen molar-refractivity contribution in [3.8, 4) is 0 Å². The van der Waals surface area contributed by atoms with Gasteiger partial charge < -0.3 is 15.5 Å². The van der Waals surface area contributed by atoms with E-state index in [2.05, 4.69) is 10.3 Å². The van der Waals surface area contributed by atoms with Crippen LogP contribution in [-0.4, -0.2) is 34.3 Å². The smallest absolute Gasteiger partial charge is 0.339 e. The minimum Gasteiger partial charge on any atom is -0.478 e. The number of fused-ring (bicyclic) bond motifs is 1. The lowest BCUT2D eigenvalue weighted by Gasteiger charge is -2.19. The lowest BCUT2D eigenvalue weighted by molar-refractivity contribution is 0.0697. The fraction of sp³-hybridized carbons (Fsp3) is 0.600. The van der Waals surface area contributed by atoms with E-state index in [4.69, 9.17) is 0 Å². The number of aliphatic hydroxyl groups excluding tert-OH is 1. The Morgan fingerprint density at radius 1 is 1.35 bits per heavy atom. The lowest BCUT2D eigenvalue weighted by Crippen LogP contribution is -2.22. The van der Waals surface area contributed by atoms with Gasteiger partial charge in [-0.2, -0.15) is 0 Å². The molecule has 0 bridgehead atoms. The average Bonchev–Trinajstić information content (AvgIpc) is 3.24. The van der Waals surface area contributed by atoms with Crippen LogP contribution < -0.4 is 5.32 Å². The Bertz CT molecular complexity index is 538. The summed E-state index contributed by atoms with van der Waals surface area (Å²) >= 11 is 0. The molecule has 5 nitrogen and oxygen atoms in total. The predicted octanol–water partition coefficient (Wildman–Crippen LogP) is 1.84. The highest BCUT2D eigenvalue weighted by Gasteiger charge is 2.42. The van der Waals surface area contributed by atoms with Crippen molar-refractivity contribution in [2.24, 2.45) is 5.41 Å². The van der Waals surface area contributed by atoms with Crippen LogP contribution in [0.15, 0.2) is 6.07 Å². The number of nitrogens with one attached hydrogen (secondary N) is 1. The third-order valence-corrected chi connectivity index (χ3v) is 4.45. The maximum atomic E-state index is 11.4. The number of aromatic nitrogens is 1. The summed E-state index contributed by atoms with van der Waals surface area (Å²) in [5.41, 5.74) is 2.28. The molecule has 0 amide bonds. The second-order valence-electron chi connectivity index (χ2n) is 6.01. The summed E-state index contributed by atoms with van der Waals surface area (Å²) in [4.78, 5) is 15.9. The maximum Gasteiger partial charge on any atom is 0.339 e. The molecule has 0 radical (unpaired) electrons. The van der Waals surface area contributed by atoms with Crippen molar-refractivity contribution in [2.75, 3.05) is 18.5 Å². The Morgan fingerprint density at radius 2 is 2.10 bits per heavy atom. The fourth-order valence-corrected chi connectivity index (χ4v) is 2.77. The summed E-state index contributed by atoms with van der Waals surface area (Å²) in [7, 11) is 0. The Hall–Kier alpha value is -1.62. The summed E-state index contributed by atoms with van der Waals surface area (Å²) in [6.45, 7) is 0.739. The zero-order valence-corrected chi connectivity index (χ0v) is 11.5. The van der Waals surface area contributed by atoms with E-state index in [0.717, 1.165) is 49.8 Å². The number of nitrogens with zero attached hydrogens (tertiary/aromatic N) is 1. The Kier molecular flexibility index (Phi) is 3.38. The number of pyridine rings is 1. The molecular formula is C15H20N2O3. The third kappa shape index (κ3) is 2.50. The van der Waals surface area contributed by atoms with Gasteiger partial charge >= 0.3 is 5.97 Å². The number of hydrogen-bond donors (Lipinski definition) is 3. The molecule has 0 aromatic carbocycles. The van der Waals surface area contributed by atoms with Gasteiger partial charge in [0, 0.05) is 17.7 Å². The van der Waals surface area contributed by atoms with E-state index in [9.17, 15) is 15.0 Å². The summed E-state index contributed by atoms with van der Waals surface area (Å²) < 4.78 is 0. The molecule has 1 saturated carbocycles. The zero-order valence-electron chi connectivity index (χ0n) is 11.5. The standard InChI is InChI=1S/C15H20N2O3/c18-9-15(5-6-15)8-16-13-11(14(19)20)7-10-3-1-2-4-12(10)17-13/h7,18H,1-6,8-9H2,(H,16,17)(H,19,20). The Labute approximate surface area is 118 Å². The number of aryl methyl sites for hydroxylation is 2. The predicted molar refractivity (Wildman–Crippen MR) is 75.1 cm³/mol. The zero-order chi connectivity index (χ0) is 14.2. The number of carbonyl (C=O) groups is 1. The van der Waals surface area contributed by atoms with Crippen molar-refractivity contribution in [1.82, 2.24) is 4.98 Å².